The Bertz CT molecular complexity index is 632. The molecule has 0 heterocycles. The number of carbonyl (C=O) groups excluding carboxylic acids is 3. The van der Waals surface area contributed by atoms with Crippen molar-refractivity contribution in [3.8, 4) is 5.75 Å². The van der Waals surface area contributed by atoms with Gasteiger partial charge in [-0.1, -0.05) is 13.2 Å². The second kappa shape index (κ2) is 9.53. The number of amides is 1. The Kier molecular flexibility index (Phi) is 7.74. The lowest BCUT2D eigenvalue weighted by atomic mass is 10.1. The van der Waals surface area contributed by atoms with Crippen molar-refractivity contribution < 1.29 is 28.6 Å². The molecule has 0 fully saturated rings. The molecule has 0 spiro atoms. The van der Waals surface area contributed by atoms with E-state index in [9.17, 15) is 14.4 Å². The number of hydrogen-bond donors (Lipinski definition) is 2. The molecule has 1 rings (SSSR count). The molecule has 0 aromatic heterocycles. The van der Waals surface area contributed by atoms with Crippen molar-refractivity contribution in [2.24, 2.45) is 0 Å². The Balaban J connectivity index is 2.75. The van der Waals surface area contributed by atoms with Gasteiger partial charge in [0.05, 0.1) is 0 Å². The molecule has 25 heavy (non-hydrogen) atoms. The van der Waals surface area contributed by atoms with Crippen LogP contribution in [0.3, 0.4) is 0 Å². The van der Waals surface area contributed by atoms with E-state index in [1.54, 1.807) is 24.3 Å². The number of ether oxygens (including phenoxy) is 3. The van der Waals surface area contributed by atoms with Crippen LogP contribution in [0.15, 0.2) is 54.5 Å². The lowest BCUT2D eigenvalue weighted by Crippen LogP contribution is -2.54. The molecular formula is C17H19NO6S. The average molecular weight is 365 g/mol. The van der Waals surface area contributed by atoms with Gasteiger partial charge in [-0.3, -0.25) is 0 Å². The Labute approximate surface area is 151 Å². The molecule has 7 nitrogen and oxygen atoms in total. The molecule has 134 valence electrons. The number of nitrogens with one attached hydrogen (secondary N) is 1. The van der Waals surface area contributed by atoms with E-state index in [4.69, 9.17) is 14.2 Å². The van der Waals surface area contributed by atoms with E-state index in [0.717, 1.165) is 12.2 Å². The summed E-state index contributed by atoms with van der Waals surface area (Å²) in [7, 11) is 0. The Morgan fingerprint density at radius 1 is 1.08 bits per heavy atom. The number of hydrogen-bond acceptors (Lipinski definition) is 7. The number of thiol groups is 1. The quantitative estimate of drug-likeness (QED) is 0.417. The highest BCUT2D eigenvalue weighted by Gasteiger charge is 2.31. The van der Waals surface area contributed by atoms with Crippen LogP contribution in [0.4, 0.5) is 4.79 Å². The predicted molar refractivity (Wildman–Crippen MR) is 93.6 cm³/mol. The first kappa shape index (κ1) is 20.3. The molecule has 1 aromatic carbocycles. The highest BCUT2D eigenvalue weighted by molar-refractivity contribution is 7.80. The summed E-state index contributed by atoms with van der Waals surface area (Å²) < 4.78 is 15.0. The van der Waals surface area contributed by atoms with Gasteiger partial charge in [-0.2, -0.15) is 0 Å². The van der Waals surface area contributed by atoms with Crippen LogP contribution in [-0.4, -0.2) is 36.8 Å². The van der Waals surface area contributed by atoms with Crippen molar-refractivity contribution >= 4 is 30.7 Å². The minimum absolute atomic E-state index is 0.257. The fourth-order valence-corrected chi connectivity index (χ4v) is 1.73. The van der Waals surface area contributed by atoms with E-state index >= 15 is 0 Å². The summed E-state index contributed by atoms with van der Waals surface area (Å²) in [6.45, 7) is 7.57. The standard InChI is InChI=1S/C17H19NO6S/c1-4-14(19)22-10-17(3,11-23-15(20)5-2)18-16(21)24-12-6-8-13(25)9-7-12/h4-9,25H,1-2,10-11H2,3H3,(H,18,21). The molecule has 0 aliphatic rings. The van der Waals surface area contributed by atoms with Gasteiger partial charge in [0.1, 0.15) is 24.5 Å². The highest BCUT2D eigenvalue weighted by atomic mass is 32.1. The molecule has 1 amide bonds. The first-order valence-electron chi connectivity index (χ1n) is 7.15. The first-order chi connectivity index (χ1) is 11.8. The second-order valence-corrected chi connectivity index (χ2v) is 5.71. The zero-order chi connectivity index (χ0) is 18.9. The highest BCUT2D eigenvalue weighted by Crippen LogP contribution is 2.15. The van der Waals surface area contributed by atoms with Crippen molar-refractivity contribution in [1.29, 1.82) is 0 Å². The molecule has 0 aliphatic carbocycles. The van der Waals surface area contributed by atoms with Crippen LogP contribution in [0, 0.1) is 0 Å². The van der Waals surface area contributed by atoms with Crippen molar-refractivity contribution in [1.82, 2.24) is 5.32 Å². The molecule has 1 aromatic rings. The monoisotopic (exact) mass is 365 g/mol. The summed E-state index contributed by atoms with van der Waals surface area (Å²) in [6.07, 6.45) is 1.15. The topological polar surface area (TPSA) is 90.9 Å². The van der Waals surface area contributed by atoms with Crippen molar-refractivity contribution in [2.45, 2.75) is 17.4 Å². The van der Waals surface area contributed by atoms with Crippen LogP contribution in [0.2, 0.25) is 0 Å². The maximum absolute atomic E-state index is 12.1. The summed E-state index contributed by atoms with van der Waals surface area (Å²) in [4.78, 5) is 35.3. The van der Waals surface area contributed by atoms with Crippen molar-refractivity contribution in [2.75, 3.05) is 13.2 Å². The van der Waals surface area contributed by atoms with Gasteiger partial charge in [0, 0.05) is 17.0 Å². The zero-order valence-corrected chi connectivity index (χ0v) is 14.6. The minimum Gasteiger partial charge on any atom is -0.460 e. The Morgan fingerprint density at radius 3 is 2.00 bits per heavy atom. The third kappa shape index (κ3) is 7.58. The number of esters is 2. The van der Waals surface area contributed by atoms with E-state index in [0.29, 0.717) is 10.6 Å². The lowest BCUT2D eigenvalue weighted by Gasteiger charge is -2.28. The third-order valence-corrected chi connectivity index (χ3v) is 3.15. The van der Waals surface area contributed by atoms with E-state index in [-0.39, 0.29) is 13.2 Å². The van der Waals surface area contributed by atoms with Gasteiger partial charge in [0.15, 0.2) is 0 Å². The molecule has 0 atom stereocenters. The SMILES string of the molecule is C=CC(=O)OCC(C)(COC(=O)C=C)NC(=O)Oc1ccc(S)cc1. The van der Waals surface area contributed by atoms with Crippen LogP contribution in [0.5, 0.6) is 5.75 Å². The summed E-state index contributed by atoms with van der Waals surface area (Å²) in [5, 5.41) is 2.51. The molecule has 0 bridgehead atoms. The van der Waals surface area contributed by atoms with Crippen molar-refractivity contribution in [3.63, 3.8) is 0 Å². The number of carbonyl (C=O) groups is 3. The Hall–Kier alpha value is -2.74. The van der Waals surface area contributed by atoms with Gasteiger partial charge < -0.3 is 19.5 Å². The van der Waals surface area contributed by atoms with E-state index in [2.05, 4.69) is 31.1 Å². The maximum atomic E-state index is 12.1. The molecular weight excluding hydrogens is 346 g/mol. The van der Waals surface area contributed by atoms with Gasteiger partial charge in [0.2, 0.25) is 0 Å². The zero-order valence-electron chi connectivity index (χ0n) is 13.7. The summed E-state index contributed by atoms with van der Waals surface area (Å²) in [6, 6.07) is 6.44. The Morgan fingerprint density at radius 2 is 1.56 bits per heavy atom. The number of rotatable bonds is 8. The molecule has 1 N–H and O–H groups in total. The summed E-state index contributed by atoms with van der Waals surface area (Å²) in [5.41, 5.74) is -1.21. The van der Waals surface area contributed by atoms with Crippen LogP contribution >= 0.6 is 12.6 Å². The first-order valence-corrected chi connectivity index (χ1v) is 7.60. The van der Waals surface area contributed by atoms with Crippen molar-refractivity contribution in [3.05, 3.63) is 49.6 Å². The molecule has 0 saturated carbocycles. The van der Waals surface area contributed by atoms with Gasteiger partial charge in [0.25, 0.3) is 0 Å². The molecule has 8 heteroatoms. The normalized spacial score (nSPS) is 10.3. The number of benzene rings is 1. The van der Waals surface area contributed by atoms with Crippen LogP contribution in [-0.2, 0) is 19.1 Å². The van der Waals surface area contributed by atoms with Gasteiger partial charge >= 0.3 is 18.0 Å². The fraction of sp³-hybridized carbons (Fsp3) is 0.235. The average Bonchev–Trinajstić information content (AvgIpc) is 2.59. The van der Waals surface area contributed by atoms with Crippen LogP contribution in [0.25, 0.3) is 0 Å². The summed E-state index contributed by atoms with van der Waals surface area (Å²) >= 11 is 4.13. The van der Waals surface area contributed by atoms with E-state index in [1.165, 1.54) is 6.92 Å². The van der Waals surface area contributed by atoms with Gasteiger partial charge in [-0.25, -0.2) is 14.4 Å². The smallest absolute Gasteiger partial charge is 0.413 e. The minimum atomic E-state index is -1.21. The largest absolute Gasteiger partial charge is 0.460 e. The third-order valence-electron chi connectivity index (χ3n) is 2.85. The lowest BCUT2D eigenvalue weighted by molar-refractivity contribution is -0.144. The molecule has 0 unspecified atom stereocenters. The predicted octanol–water partition coefficient (Wildman–Crippen LogP) is 2.28. The van der Waals surface area contributed by atoms with E-state index in [1.807, 2.05) is 0 Å². The molecule has 0 radical (unpaired) electrons. The van der Waals surface area contributed by atoms with Gasteiger partial charge in [-0.15, -0.1) is 12.6 Å². The van der Waals surface area contributed by atoms with E-state index < -0.39 is 23.6 Å². The van der Waals surface area contributed by atoms with Crippen LogP contribution in [0.1, 0.15) is 6.92 Å². The molecule has 0 aliphatic heterocycles. The molecule has 0 saturated heterocycles. The maximum Gasteiger partial charge on any atom is 0.413 e. The fourth-order valence-electron chi connectivity index (χ4n) is 1.59. The van der Waals surface area contributed by atoms with Crippen LogP contribution < -0.4 is 10.1 Å². The van der Waals surface area contributed by atoms with Gasteiger partial charge in [-0.05, 0) is 31.2 Å². The summed E-state index contributed by atoms with van der Waals surface area (Å²) in [5.74, 6) is -1.06. The second-order valence-electron chi connectivity index (χ2n) is 5.19.